The predicted octanol–water partition coefficient (Wildman–Crippen LogP) is 5.31. The average molecular weight is 299 g/mol. The van der Waals surface area contributed by atoms with Crippen molar-refractivity contribution in [2.75, 3.05) is 0 Å². The Morgan fingerprint density at radius 2 is 1.77 bits per heavy atom. The minimum Gasteiger partial charge on any atom is -0.204 e. The molecular formula is C19H19F2N. The summed E-state index contributed by atoms with van der Waals surface area (Å²) in [7, 11) is 0. The van der Waals surface area contributed by atoms with Gasteiger partial charge >= 0.3 is 0 Å². The van der Waals surface area contributed by atoms with Gasteiger partial charge in [-0.1, -0.05) is 45.0 Å². The lowest BCUT2D eigenvalue weighted by Gasteiger charge is -2.15. The van der Waals surface area contributed by atoms with Crippen molar-refractivity contribution in [3.8, 4) is 6.07 Å². The molecule has 22 heavy (non-hydrogen) atoms. The minimum atomic E-state index is -0.813. The van der Waals surface area contributed by atoms with Crippen molar-refractivity contribution >= 4 is 0 Å². The van der Waals surface area contributed by atoms with Gasteiger partial charge in [0.25, 0.3) is 0 Å². The quantitative estimate of drug-likeness (QED) is 0.751. The van der Waals surface area contributed by atoms with Gasteiger partial charge < -0.3 is 0 Å². The Morgan fingerprint density at radius 3 is 2.41 bits per heavy atom. The van der Waals surface area contributed by atoms with Crippen molar-refractivity contribution in [1.82, 2.24) is 0 Å². The number of benzene rings is 2. The predicted molar refractivity (Wildman–Crippen MR) is 83.7 cm³/mol. The van der Waals surface area contributed by atoms with E-state index in [1.54, 1.807) is 12.1 Å². The Bertz CT molecular complexity index is 714. The fraction of sp³-hybridized carbons (Fsp3) is 0.316. The molecule has 0 heterocycles. The van der Waals surface area contributed by atoms with E-state index in [0.29, 0.717) is 17.5 Å². The lowest BCUT2D eigenvalue weighted by Crippen LogP contribution is -2.04. The molecular weight excluding hydrogens is 280 g/mol. The molecule has 0 saturated heterocycles. The summed E-state index contributed by atoms with van der Waals surface area (Å²) in [5, 5.41) is 9.14. The van der Waals surface area contributed by atoms with Gasteiger partial charge in [0, 0.05) is 0 Å². The molecule has 0 spiro atoms. The fourth-order valence-corrected chi connectivity index (χ4v) is 2.68. The Labute approximate surface area is 130 Å². The zero-order valence-corrected chi connectivity index (χ0v) is 13.0. The Kier molecular flexibility index (Phi) is 4.92. The molecule has 0 saturated carbocycles. The number of rotatable bonds is 4. The first-order chi connectivity index (χ1) is 10.4. The van der Waals surface area contributed by atoms with Crippen LogP contribution in [-0.4, -0.2) is 0 Å². The first-order valence-electron chi connectivity index (χ1n) is 7.40. The zero-order valence-electron chi connectivity index (χ0n) is 13.0. The normalized spacial score (nSPS) is 12.2. The largest absolute Gasteiger partial charge is 0.204 e. The topological polar surface area (TPSA) is 23.8 Å². The number of hydrogen-bond acceptors (Lipinski definition) is 1. The van der Waals surface area contributed by atoms with E-state index in [2.05, 4.69) is 6.07 Å². The highest BCUT2D eigenvalue weighted by atomic mass is 19.2. The average Bonchev–Trinajstić information content (AvgIpc) is 2.49. The van der Waals surface area contributed by atoms with Gasteiger partial charge in [-0.3, -0.25) is 0 Å². The highest BCUT2D eigenvalue weighted by Gasteiger charge is 2.16. The monoisotopic (exact) mass is 299 g/mol. The van der Waals surface area contributed by atoms with Gasteiger partial charge in [0.2, 0.25) is 0 Å². The van der Waals surface area contributed by atoms with Crippen LogP contribution in [0.4, 0.5) is 8.78 Å². The third-order valence-electron chi connectivity index (χ3n) is 3.91. The molecule has 0 aliphatic rings. The van der Waals surface area contributed by atoms with Crippen molar-refractivity contribution in [2.45, 2.75) is 39.0 Å². The molecule has 0 N–H and O–H groups in total. The summed E-state index contributed by atoms with van der Waals surface area (Å²) in [5.41, 5.74) is 3.07. The minimum absolute atomic E-state index is 0.136. The molecule has 2 rings (SSSR count). The highest BCUT2D eigenvalue weighted by Crippen LogP contribution is 2.27. The van der Waals surface area contributed by atoms with Crippen molar-refractivity contribution < 1.29 is 8.78 Å². The van der Waals surface area contributed by atoms with E-state index in [1.807, 2.05) is 32.9 Å². The second kappa shape index (κ2) is 6.70. The summed E-state index contributed by atoms with van der Waals surface area (Å²) < 4.78 is 27.2. The molecule has 0 radical (unpaired) electrons. The van der Waals surface area contributed by atoms with Gasteiger partial charge in [0.15, 0.2) is 11.6 Å². The lowest BCUT2D eigenvalue weighted by molar-refractivity contribution is 0.490. The standard InChI is InChI=1S/C19H19F2N/c1-12(2)17-10-14(7-8-15(17)11-22)9-13(3)16-5-4-6-18(20)19(16)21/h4-8,10,12-13H,9H2,1-3H3. The van der Waals surface area contributed by atoms with E-state index in [1.165, 1.54) is 6.07 Å². The van der Waals surface area contributed by atoms with Gasteiger partial charge in [-0.05, 0) is 47.1 Å². The van der Waals surface area contributed by atoms with Crippen LogP contribution in [0.2, 0.25) is 0 Å². The molecule has 0 aliphatic carbocycles. The Balaban J connectivity index is 2.29. The van der Waals surface area contributed by atoms with E-state index in [9.17, 15) is 8.78 Å². The first-order valence-corrected chi connectivity index (χ1v) is 7.40. The fourth-order valence-electron chi connectivity index (χ4n) is 2.68. The number of halogens is 2. The van der Waals surface area contributed by atoms with Crippen LogP contribution in [0.15, 0.2) is 36.4 Å². The van der Waals surface area contributed by atoms with Gasteiger partial charge in [-0.15, -0.1) is 0 Å². The van der Waals surface area contributed by atoms with Crippen LogP contribution >= 0.6 is 0 Å². The molecule has 0 amide bonds. The van der Waals surface area contributed by atoms with E-state index in [-0.39, 0.29) is 11.8 Å². The lowest BCUT2D eigenvalue weighted by atomic mass is 9.89. The van der Waals surface area contributed by atoms with Crippen molar-refractivity contribution in [1.29, 1.82) is 5.26 Å². The molecule has 2 aromatic rings. The maximum Gasteiger partial charge on any atom is 0.162 e. The number of nitrogens with zero attached hydrogens (tertiary/aromatic N) is 1. The van der Waals surface area contributed by atoms with Crippen molar-refractivity contribution in [3.63, 3.8) is 0 Å². The zero-order chi connectivity index (χ0) is 16.3. The van der Waals surface area contributed by atoms with E-state index >= 15 is 0 Å². The van der Waals surface area contributed by atoms with Crippen LogP contribution in [-0.2, 0) is 6.42 Å². The van der Waals surface area contributed by atoms with Crippen LogP contribution < -0.4 is 0 Å². The Morgan fingerprint density at radius 1 is 1.05 bits per heavy atom. The first kappa shape index (κ1) is 16.2. The van der Waals surface area contributed by atoms with Gasteiger partial charge in [-0.25, -0.2) is 8.78 Å². The smallest absolute Gasteiger partial charge is 0.162 e. The van der Waals surface area contributed by atoms with Crippen LogP contribution in [0.1, 0.15) is 54.9 Å². The molecule has 3 heteroatoms. The van der Waals surface area contributed by atoms with Crippen LogP contribution in [0.3, 0.4) is 0 Å². The molecule has 0 fully saturated rings. The van der Waals surface area contributed by atoms with Gasteiger partial charge in [-0.2, -0.15) is 5.26 Å². The van der Waals surface area contributed by atoms with E-state index in [0.717, 1.165) is 17.2 Å². The summed E-state index contributed by atoms with van der Waals surface area (Å²) in [6.45, 7) is 5.95. The molecule has 0 aliphatic heterocycles. The summed E-state index contributed by atoms with van der Waals surface area (Å²) in [6, 6.07) is 12.2. The van der Waals surface area contributed by atoms with Crippen molar-refractivity contribution in [3.05, 3.63) is 70.3 Å². The molecule has 1 unspecified atom stereocenters. The van der Waals surface area contributed by atoms with Crippen LogP contribution in [0.25, 0.3) is 0 Å². The highest BCUT2D eigenvalue weighted by molar-refractivity contribution is 5.42. The Hall–Kier alpha value is -2.21. The molecule has 114 valence electrons. The van der Waals surface area contributed by atoms with Gasteiger partial charge in [0.1, 0.15) is 0 Å². The molecule has 1 nitrogen and oxygen atoms in total. The molecule has 2 aromatic carbocycles. The third kappa shape index (κ3) is 3.33. The van der Waals surface area contributed by atoms with Crippen LogP contribution in [0, 0.1) is 23.0 Å². The third-order valence-corrected chi connectivity index (χ3v) is 3.91. The number of nitriles is 1. The molecule has 1 atom stereocenters. The van der Waals surface area contributed by atoms with Gasteiger partial charge in [0.05, 0.1) is 11.6 Å². The maximum atomic E-state index is 13.9. The molecule has 0 aromatic heterocycles. The summed E-state index contributed by atoms with van der Waals surface area (Å²) in [6.07, 6.45) is 0.603. The van der Waals surface area contributed by atoms with E-state index < -0.39 is 11.6 Å². The van der Waals surface area contributed by atoms with Crippen molar-refractivity contribution in [2.24, 2.45) is 0 Å². The summed E-state index contributed by atoms with van der Waals surface area (Å²) in [5.74, 6) is -1.47. The maximum absolute atomic E-state index is 13.9. The second-order valence-electron chi connectivity index (χ2n) is 5.94. The van der Waals surface area contributed by atoms with Crippen LogP contribution in [0.5, 0.6) is 0 Å². The SMILES string of the molecule is CC(C)c1cc(CC(C)c2cccc(F)c2F)ccc1C#N. The summed E-state index contributed by atoms with van der Waals surface area (Å²) in [4.78, 5) is 0. The molecule has 0 bridgehead atoms. The number of hydrogen-bond donors (Lipinski definition) is 0. The second-order valence-corrected chi connectivity index (χ2v) is 5.94. The van der Waals surface area contributed by atoms with E-state index in [4.69, 9.17) is 5.26 Å². The summed E-state index contributed by atoms with van der Waals surface area (Å²) >= 11 is 0.